The van der Waals surface area contributed by atoms with Crippen LogP contribution in [0.4, 0.5) is 0 Å². The normalized spacial score (nSPS) is 19.7. The molecule has 0 saturated carbocycles. The third-order valence-electron chi connectivity index (χ3n) is 6.44. The van der Waals surface area contributed by atoms with Crippen molar-refractivity contribution >= 4 is 5.91 Å². The molecule has 1 fully saturated rings. The minimum atomic E-state index is -0.250. The fourth-order valence-electron chi connectivity index (χ4n) is 4.67. The van der Waals surface area contributed by atoms with Crippen LogP contribution in [0.3, 0.4) is 0 Å². The number of benzene rings is 2. The topological polar surface area (TPSA) is 74.6 Å². The summed E-state index contributed by atoms with van der Waals surface area (Å²) in [6.45, 7) is 4.49. The summed E-state index contributed by atoms with van der Waals surface area (Å²) in [7, 11) is 1.65. The zero-order valence-corrected chi connectivity index (χ0v) is 18.2. The van der Waals surface area contributed by atoms with Gasteiger partial charge in [-0.05, 0) is 55.2 Å². The number of nitrogens with zero attached hydrogens (tertiary/aromatic N) is 2. The number of carbonyl (C=O) groups excluding carboxylic acids is 1. The number of amides is 1. The first-order valence-electron chi connectivity index (χ1n) is 10.9. The Labute approximate surface area is 183 Å². The van der Waals surface area contributed by atoms with Gasteiger partial charge in [0.2, 0.25) is 5.91 Å². The summed E-state index contributed by atoms with van der Waals surface area (Å²) in [5, 5.41) is 12.1. The van der Waals surface area contributed by atoms with Gasteiger partial charge in [0, 0.05) is 38.5 Å². The Morgan fingerprint density at radius 2 is 2.00 bits per heavy atom. The van der Waals surface area contributed by atoms with Crippen molar-refractivity contribution < 1.29 is 14.3 Å². The van der Waals surface area contributed by atoms with E-state index < -0.39 is 0 Å². The van der Waals surface area contributed by atoms with E-state index in [9.17, 15) is 4.79 Å². The lowest BCUT2D eigenvalue weighted by Crippen LogP contribution is -2.52. The standard InChI is InChI=1S/C25H29N3O3/c1-18(29)27-23-16-25(31-24-8-7-21(30-2)15-22(23)24)10-13-28(14-11-25)12-9-19-3-5-20(17-26)6-4-19/h3-8,15,23H,9-14,16H2,1-2H3,(H,27,29)/t23-/m0/s1. The lowest BCUT2D eigenvalue weighted by atomic mass is 9.80. The smallest absolute Gasteiger partial charge is 0.217 e. The Kier molecular flexibility index (Phi) is 6.15. The minimum Gasteiger partial charge on any atom is -0.497 e. The molecule has 0 unspecified atom stereocenters. The van der Waals surface area contributed by atoms with Crippen molar-refractivity contribution in [2.24, 2.45) is 0 Å². The zero-order valence-electron chi connectivity index (χ0n) is 18.2. The molecule has 4 rings (SSSR count). The van der Waals surface area contributed by atoms with Crippen LogP contribution in [0.15, 0.2) is 42.5 Å². The van der Waals surface area contributed by atoms with Gasteiger partial charge in [-0.15, -0.1) is 0 Å². The molecule has 6 heteroatoms. The first-order valence-corrected chi connectivity index (χ1v) is 10.9. The van der Waals surface area contributed by atoms with Crippen molar-refractivity contribution in [2.75, 3.05) is 26.7 Å². The lowest BCUT2D eigenvalue weighted by molar-refractivity contribution is -0.120. The molecule has 0 aliphatic carbocycles. The Balaban J connectivity index is 1.40. The van der Waals surface area contributed by atoms with Gasteiger partial charge < -0.3 is 19.7 Å². The summed E-state index contributed by atoms with van der Waals surface area (Å²) in [5.74, 6) is 1.58. The van der Waals surface area contributed by atoms with E-state index in [2.05, 4.69) is 16.3 Å². The summed E-state index contributed by atoms with van der Waals surface area (Å²) in [5.41, 5.74) is 2.69. The predicted molar refractivity (Wildman–Crippen MR) is 118 cm³/mol. The maximum atomic E-state index is 11.9. The van der Waals surface area contributed by atoms with Crippen LogP contribution < -0.4 is 14.8 Å². The van der Waals surface area contributed by atoms with E-state index in [0.717, 1.165) is 62.4 Å². The van der Waals surface area contributed by atoms with E-state index in [1.54, 1.807) is 14.0 Å². The predicted octanol–water partition coefficient (Wildman–Crippen LogP) is 3.60. The summed E-state index contributed by atoms with van der Waals surface area (Å²) in [6, 6.07) is 15.8. The number of methoxy groups -OCH3 is 1. The van der Waals surface area contributed by atoms with E-state index in [0.29, 0.717) is 5.56 Å². The molecule has 1 atom stereocenters. The van der Waals surface area contributed by atoms with Gasteiger partial charge in [0.1, 0.15) is 17.1 Å². The fraction of sp³-hybridized carbons (Fsp3) is 0.440. The molecule has 1 N–H and O–H groups in total. The third-order valence-corrected chi connectivity index (χ3v) is 6.44. The van der Waals surface area contributed by atoms with Gasteiger partial charge in [0.15, 0.2) is 0 Å². The van der Waals surface area contributed by atoms with E-state index in [1.165, 1.54) is 5.56 Å². The fourth-order valence-corrected chi connectivity index (χ4v) is 4.67. The number of ether oxygens (including phenoxy) is 2. The van der Waals surface area contributed by atoms with Gasteiger partial charge >= 0.3 is 0 Å². The Morgan fingerprint density at radius 1 is 1.26 bits per heavy atom. The van der Waals surface area contributed by atoms with E-state index in [4.69, 9.17) is 14.7 Å². The molecule has 1 saturated heterocycles. The molecule has 31 heavy (non-hydrogen) atoms. The van der Waals surface area contributed by atoms with Crippen LogP contribution in [-0.4, -0.2) is 43.2 Å². The van der Waals surface area contributed by atoms with Gasteiger partial charge in [-0.3, -0.25) is 4.79 Å². The van der Waals surface area contributed by atoms with Gasteiger partial charge in [-0.1, -0.05) is 12.1 Å². The molecule has 2 aliphatic rings. The quantitative estimate of drug-likeness (QED) is 0.802. The van der Waals surface area contributed by atoms with Crippen LogP contribution in [0.25, 0.3) is 0 Å². The number of carbonyl (C=O) groups is 1. The second kappa shape index (κ2) is 8.99. The molecule has 0 radical (unpaired) electrons. The SMILES string of the molecule is COc1ccc2c(c1)[C@@H](NC(C)=O)CC1(CCN(CCc3ccc(C#N)cc3)CC1)O2. The number of hydrogen-bond acceptors (Lipinski definition) is 5. The van der Waals surface area contributed by atoms with Crippen molar-refractivity contribution in [1.29, 1.82) is 5.26 Å². The molecule has 2 aromatic carbocycles. The number of nitrogens with one attached hydrogen (secondary N) is 1. The van der Waals surface area contributed by atoms with E-state index >= 15 is 0 Å². The summed E-state index contributed by atoms with van der Waals surface area (Å²) < 4.78 is 11.9. The van der Waals surface area contributed by atoms with Crippen molar-refractivity contribution in [3.8, 4) is 17.6 Å². The molecule has 1 amide bonds. The second-order valence-electron chi connectivity index (χ2n) is 8.55. The van der Waals surface area contributed by atoms with Crippen LogP contribution in [0.5, 0.6) is 11.5 Å². The zero-order chi connectivity index (χ0) is 21.8. The van der Waals surface area contributed by atoms with Crippen molar-refractivity contribution in [1.82, 2.24) is 10.2 Å². The van der Waals surface area contributed by atoms with Crippen molar-refractivity contribution in [3.63, 3.8) is 0 Å². The van der Waals surface area contributed by atoms with E-state index in [1.807, 2.05) is 42.5 Å². The average Bonchev–Trinajstić information content (AvgIpc) is 2.78. The summed E-state index contributed by atoms with van der Waals surface area (Å²) in [6.07, 6.45) is 3.61. The van der Waals surface area contributed by atoms with Gasteiger partial charge in [0.25, 0.3) is 0 Å². The Morgan fingerprint density at radius 3 is 2.65 bits per heavy atom. The summed E-state index contributed by atoms with van der Waals surface area (Å²) in [4.78, 5) is 14.3. The molecular formula is C25H29N3O3. The molecule has 0 aromatic heterocycles. The number of piperidine rings is 1. The van der Waals surface area contributed by atoms with Crippen LogP contribution in [0, 0.1) is 11.3 Å². The van der Waals surface area contributed by atoms with Crippen molar-refractivity contribution in [2.45, 2.75) is 44.2 Å². The van der Waals surface area contributed by atoms with Gasteiger partial charge in [-0.25, -0.2) is 0 Å². The maximum absolute atomic E-state index is 11.9. The van der Waals surface area contributed by atoms with Gasteiger partial charge in [0.05, 0.1) is 24.8 Å². The highest BCUT2D eigenvalue weighted by Gasteiger charge is 2.43. The highest BCUT2D eigenvalue weighted by molar-refractivity contribution is 5.73. The maximum Gasteiger partial charge on any atom is 0.217 e. The molecular weight excluding hydrogens is 390 g/mol. The lowest BCUT2D eigenvalue weighted by Gasteiger charge is -2.47. The minimum absolute atomic E-state index is 0.0318. The third kappa shape index (κ3) is 4.83. The first-order chi connectivity index (χ1) is 15.0. The highest BCUT2D eigenvalue weighted by Crippen LogP contribution is 2.45. The van der Waals surface area contributed by atoms with Gasteiger partial charge in [-0.2, -0.15) is 5.26 Å². The molecule has 2 aliphatic heterocycles. The van der Waals surface area contributed by atoms with Crippen LogP contribution >= 0.6 is 0 Å². The molecule has 6 nitrogen and oxygen atoms in total. The van der Waals surface area contributed by atoms with Crippen LogP contribution in [0.2, 0.25) is 0 Å². The highest BCUT2D eigenvalue weighted by atomic mass is 16.5. The number of fused-ring (bicyclic) bond motifs is 1. The monoisotopic (exact) mass is 419 g/mol. The van der Waals surface area contributed by atoms with E-state index in [-0.39, 0.29) is 17.6 Å². The second-order valence-corrected chi connectivity index (χ2v) is 8.55. The largest absolute Gasteiger partial charge is 0.497 e. The molecule has 2 aromatic rings. The summed E-state index contributed by atoms with van der Waals surface area (Å²) >= 11 is 0. The average molecular weight is 420 g/mol. The molecule has 2 heterocycles. The molecule has 0 bridgehead atoms. The van der Waals surface area contributed by atoms with Crippen LogP contribution in [0.1, 0.15) is 48.9 Å². The number of rotatable bonds is 5. The first kappa shape index (κ1) is 21.2. The molecule has 162 valence electrons. The van der Waals surface area contributed by atoms with Crippen LogP contribution in [-0.2, 0) is 11.2 Å². The Bertz CT molecular complexity index is 972. The number of nitriles is 1. The Hall–Kier alpha value is -3.04. The number of likely N-dealkylation sites (tertiary alicyclic amines) is 1. The van der Waals surface area contributed by atoms with Crippen molar-refractivity contribution in [3.05, 3.63) is 59.2 Å². The number of hydrogen-bond donors (Lipinski definition) is 1. The molecule has 1 spiro atoms.